The van der Waals surface area contributed by atoms with Gasteiger partial charge >= 0.3 is 5.97 Å². The van der Waals surface area contributed by atoms with Crippen molar-refractivity contribution in [1.29, 1.82) is 0 Å². The summed E-state index contributed by atoms with van der Waals surface area (Å²) in [5.74, 6) is 1.23. The molecule has 0 radical (unpaired) electrons. The molecular weight excluding hydrogens is 466 g/mol. The van der Waals surface area contributed by atoms with Crippen molar-refractivity contribution in [3.63, 3.8) is 0 Å². The number of ether oxygens (including phenoxy) is 3. The number of aromatic nitrogens is 2. The normalized spacial score (nSPS) is 10.9. The van der Waals surface area contributed by atoms with Crippen LogP contribution in [-0.2, 0) is 9.53 Å². The Bertz CT molecular complexity index is 1420. The van der Waals surface area contributed by atoms with Crippen molar-refractivity contribution in [3.05, 3.63) is 53.1 Å². The average Bonchev–Trinajstić information content (AvgIpc) is 3.39. The van der Waals surface area contributed by atoms with Crippen molar-refractivity contribution >= 4 is 28.7 Å². The molecule has 188 valence electrons. The van der Waals surface area contributed by atoms with E-state index in [0.29, 0.717) is 58.7 Å². The summed E-state index contributed by atoms with van der Waals surface area (Å²) in [5, 5.41) is 7.05. The topological polar surface area (TPSA) is 126 Å². The second-order valence-corrected chi connectivity index (χ2v) is 7.98. The van der Waals surface area contributed by atoms with Crippen LogP contribution in [0.25, 0.3) is 22.4 Å². The number of benzene rings is 1. The van der Waals surface area contributed by atoms with Gasteiger partial charge in [-0.1, -0.05) is 5.16 Å². The van der Waals surface area contributed by atoms with Gasteiger partial charge in [0.05, 0.1) is 35.6 Å². The predicted molar refractivity (Wildman–Crippen MR) is 131 cm³/mol. The van der Waals surface area contributed by atoms with Crippen molar-refractivity contribution < 1.29 is 32.7 Å². The number of furan rings is 1. The lowest BCUT2D eigenvalue weighted by Gasteiger charge is -2.13. The number of nitrogens with zero attached hydrogens (tertiary/aromatic N) is 2. The molecule has 10 heteroatoms. The van der Waals surface area contributed by atoms with Gasteiger partial charge in [-0.2, -0.15) is 0 Å². The fourth-order valence-corrected chi connectivity index (χ4v) is 3.81. The number of anilines is 1. The molecular formula is C26H27N3O7. The van der Waals surface area contributed by atoms with Crippen LogP contribution in [0, 0.1) is 20.8 Å². The van der Waals surface area contributed by atoms with Gasteiger partial charge in [0.15, 0.2) is 18.1 Å². The molecule has 1 amide bonds. The summed E-state index contributed by atoms with van der Waals surface area (Å²) >= 11 is 0. The number of esters is 1. The number of fused-ring (bicyclic) bond motifs is 1. The molecule has 3 heterocycles. The zero-order valence-corrected chi connectivity index (χ0v) is 20.8. The molecule has 3 aromatic heterocycles. The Balaban J connectivity index is 1.52. The SMILES string of the molecule is CCOc1ccc(NC(=O)COC(=O)c2cc(-c3cc(C)oc3C)nc3onc(C)c23)cc1OCC. The standard InChI is InChI=1S/C26H27N3O7/c1-6-32-21-9-8-17(11-22(21)33-7-2)27-23(30)13-34-26(31)19-12-20(18-10-14(3)35-16(18)5)28-25-24(19)15(4)29-36-25/h8-12H,6-7,13H2,1-5H3,(H,27,30). The summed E-state index contributed by atoms with van der Waals surface area (Å²) < 4.78 is 27.4. The van der Waals surface area contributed by atoms with Crippen molar-refractivity contribution in [2.75, 3.05) is 25.1 Å². The molecule has 1 aromatic carbocycles. The maximum Gasteiger partial charge on any atom is 0.339 e. The summed E-state index contributed by atoms with van der Waals surface area (Å²) in [4.78, 5) is 30.0. The fraction of sp³-hybridized carbons (Fsp3) is 0.308. The van der Waals surface area contributed by atoms with Crippen LogP contribution in [0.2, 0.25) is 0 Å². The lowest BCUT2D eigenvalue weighted by Crippen LogP contribution is -2.21. The molecule has 4 rings (SSSR count). The van der Waals surface area contributed by atoms with Crippen LogP contribution in [0.3, 0.4) is 0 Å². The number of hydrogen-bond donors (Lipinski definition) is 1. The zero-order valence-electron chi connectivity index (χ0n) is 20.8. The van der Waals surface area contributed by atoms with Crippen LogP contribution in [-0.4, -0.2) is 41.8 Å². The van der Waals surface area contributed by atoms with E-state index in [-0.39, 0.29) is 11.3 Å². The van der Waals surface area contributed by atoms with Crippen molar-refractivity contribution in [2.24, 2.45) is 0 Å². The molecule has 0 saturated heterocycles. The van der Waals surface area contributed by atoms with E-state index in [2.05, 4.69) is 15.5 Å². The van der Waals surface area contributed by atoms with Gasteiger partial charge in [0.1, 0.15) is 11.5 Å². The second-order valence-electron chi connectivity index (χ2n) is 7.98. The first-order valence-corrected chi connectivity index (χ1v) is 11.5. The largest absolute Gasteiger partial charge is 0.490 e. The summed E-state index contributed by atoms with van der Waals surface area (Å²) in [6.45, 7) is 9.49. The van der Waals surface area contributed by atoms with Gasteiger partial charge in [-0.05, 0) is 58.9 Å². The van der Waals surface area contributed by atoms with Crippen LogP contribution in [0.5, 0.6) is 11.5 Å². The minimum atomic E-state index is -0.704. The number of hydrogen-bond acceptors (Lipinski definition) is 9. The Kier molecular flexibility index (Phi) is 7.23. The average molecular weight is 494 g/mol. The highest BCUT2D eigenvalue weighted by molar-refractivity contribution is 6.05. The Morgan fingerprint density at radius 1 is 1.00 bits per heavy atom. The van der Waals surface area contributed by atoms with Crippen molar-refractivity contribution in [1.82, 2.24) is 10.1 Å². The van der Waals surface area contributed by atoms with Crippen LogP contribution < -0.4 is 14.8 Å². The van der Waals surface area contributed by atoms with E-state index in [1.54, 1.807) is 38.1 Å². The monoisotopic (exact) mass is 493 g/mol. The minimum Gasteiger partial charge on any atom is -0.490 e. The highest BCUT2D eigenvalue weighted by Crippen LogP contribution is 2.32. The van der Waals surface area contributed by atoms with E-state index in [4.69, 9.17) is 23.2 Å². The first-order chi connectivity index (χ1) is 17.3. The molecule has 0 aliphatic rings. The molecule has 10 nitrogen and oxygen atoms in total. The van der Waals surface area contributed by atoms with E-state index < -0.39 is 18.5 Å². The number of rotatable bonds is 9. The fourth-order valence-electron chi connectivity index (χ4n) is 3.81. The molecule has 0 atom stereocenters. The number of nitrogens with one attached hydrogen (secondary N) is 1. The van der Waals surface area contributed by atoms with Crippen LogP contribution in [0.4, 0.5) is 5.69 Å². The Morgan fingerprint density at radius 3 is 2.44 bits per heavy atom. The third kappa shape index (κ3) is 5.17. The van der Waals surface area contributed by atoms with Crippen molar-refractivity contribution in [2.45, 2.75) is 34.6 Å². The second kappa shape index (κ2) is 10.5. The maximum absolute atomic E-state index is 13.0. The molecule has 1 N–H and O–H groups in total. The number of carbonyl (C=O) groups excluding carboxylic acids is 2. The lowest BCUT2D eigenvalue weighted by molar-refractivity contribution is -0.119. The molecule has 36 heavy (non-hydrogen) atoms. The van der Waals surface area contributed by atoms with Crippen LogP contribution in [0.1, 0.15) is 41.4 Å². The summed E-state index contributed by atoms with van der Waals surface area (Å²) in [7, 11) is 0. The Labute approximate surface area is 207 Å². The smallest absolute Gasteiger partial charge is 0.339 e. The van der Waals surface area contributed by atoms with Gasteiger partial charge < -0.3 is 28.5 Å². The van der Waals surface area contributed by atoms with Crippen LogP contribution >= 0.6 is 0 Å². The predicted octanol–water partition coefficient (Wildman–Crippen LogP) is 5.00. The van der Waals surface area contributed by atoms with Gasteiger partial charge in [-0.15, -0.1) is 0 Å². The van der Waals surface area contributed by atoms with Gasteiger partial charge in [0.2, 0.25) is 0 Å². The van der Waals surface area contributed by atoms with E-state index in [9.17, 15) is 9.59 Å². The molecule has 0 saturated carbocycles. The van der Waals surface area contributed by atoms with E-state index in [1.165, 1.54) is 0 Å². The van der Waals surface area contributed by atoms with Crippen molar-refractivity contribution in [3.8, 4) is 22.8 Å². The Hall–Kier alpha value is -4.34. The van der Waals surface area contributed by atoms with E-state index >= 15 is 0 Å². The molecule has 4 aromatic rings. The highest BCUT2D eigenvalue weighted by Gasteiger charge is 2.22. The quantitative estimate of drug-likeness (QED) is 0.320. The summed E-state index contributed by atoms with van der Waals surface area (Å²) in [6, 6.07) is 8.46. The van der Waals surface area contributed by atoms with E-state index in [1.807, 2.05) is 26.8 Å². The molecule has 0 fully saturated rings. The van der Waals surface area contributed by atoms with Gasteiger partial charge in [-0.3, -0.25) is 4.79 Å². The molecule has 0 bridgehead atoms. The Morgan fingerprint density at radius 2 is 1.75 bits per heavy atom. The zero-order chi connectivity index (χ0) is 25.8. The number of carbonyl (C=O) groups is 2. The van der Waals surface area contributed by atoms with Gasteiger partial charge in [0, 0.05) is 17.3 Å². The first kappa shape index (κ1) is 24.8. The molecule has 0 spiro atoms. The molecule has 0 unspecified atom stereocenters. The highest BCUT2D eigenvalue weighted by atomic mass is 16.5. The summed E-state index contributed by atoms with van der Waals surface area (Å²) in [6.07, 6.45) is 0. The number of aryl methyl sites for hydroxylation is 3. The number of amides is 1. The lowest BCUT2D eigenvalue weighted by atomic mass is 10.1. The maximum atomic E-state index is 13.0. The number of pyridine rings is 1. The molecule has 0 aliphatic carbocycles. The first-order valence-electron chi connectivity index (χ1n) is 11.5. The molecule has 0 aliphatic heterocycles. The third-order valence-corrected chi connectivity index (χ3v) is 5.32. The van der Waals surface area contributed by atoms with Gasteiger partial charge in [0.25, 0.3) is 11.6 Å². The van der Waals surface area contributed by atoms with Crippen LogP contribution in [0.15, 0.2) is 39.3 Å². The van der Waals surface area contributed by atoms with Gasteiger partial charge in [-0.25, -0.2) is 9.78 Å². The summed E-state index contributed by atoms with van der Waals surface area (Å²) in [5.41, 5.74) is 2.55. The van der Waals surface area contributed by atoms with E-state index in [0.717, 1.165) is 5.56 Å². The third-order valence-electron chi connectivity index (χ3n) is 5.32. The minimum absolute atomic E-state index is 0.192.